The number of carbonyl (C=O) groups is 2. The van der Waals surface area contributed by atoms with Crippen LogP contribution in [0.2, 0.25) is 5.02 Å². The molecule has 2 N–H and O–H groups in total. The Morgan fingerprint density at radius 3 is 2.48 bits per heavy atom. The predicted molar refractivity (Wildman–Crippen MR) is 141 cm³/mol. The zero-order valence-corrected chi connectivity index (χ0v) is 22.2. The first-order chi connectivity index (χ1) is 15.7. The monoisotopic (exact) mass is 597 g/mol. The van der Waals surface area contributed by atoms with Crippen molar-refractivity contribution in [1.82, 2.24) is 20.1 Å². The van der Waals surface area contributed by atoms with Gasteiger partial charge in [0.05, 0.1) is 22.4 Å². The molecule has 3 rings (SSSR count). The number of thioether (sulfide) groups is 1. The lowest BCUT2D eigenvalue weighted by molar-refractivity contribution is -0.113. The molecule has 0 aliphatic rings. The van der Waals surface area contributed by atoms with Crippen LogP contribution >= 0.6 is 46.0 Å². The van der Waals surface area contributed by atoms with Gasteiger partial charge < -0.3 is 15.2 Å². The molecule has 2 aromatic carbocycles. The Morgan fingerprint density at radius 2 is 1.82 bits per heavy atom. The normalized spacial score (nSPS) is 11.9. The molecular weight excluding hydrogens is 573 g/mol. The van der Waals surface area contributed by atoms with Crippen molar-refractivity contribution in [2.75, 3.05) is 11.1 Å². The van der Waals surface area contributed by atoms with Crippen LogP contribution in [0.5, 0.6) is 0 Å². The molecule has 10 heteroatoms. The number of nitrogens with zero attached hydrogens (tertiary/aromatic N) is 3. The zero-order chi connectivity index (χ0) is 24.0. The van der Waals surface area contributed by atoms with Crippen LogP contribution in [0.15, 0.2) is 53.7 Å². The maximum absolute atomic E-state index is 12.8. The van der Waals surface area contributed by atoms with Crippen LogP contribution in [0.1, 0.15) is 42.5 Å². The second-order valence-electron chi connectivity index (χ2n) is 7.88. The van der Waals surface area contributed by atoms with Gasteiger partial charge in [0.1, 0.15) is 0 Å². The van der Waals surface area contributed by atoms with E-state index in [1.807, 2.05) is 35.9 Å². The van der Waals surface area contributed by atoms with Gasteiger partial charge in [-0.15, -0.1) is 10.2 Å². The Kier molecular flexibility index (Phi) is 9.16. The van der Waals surface area contributed by atoms with E-state index in [-0.39, 0.29) is 23.6 Å². The summed E-state index contributed by atoms with van der Waals surface area (Å²) in [5.41, 5.74) is 1.16. The molecule has 174 valence electrons. The molecule has 7 nitrogen and oxygen atoms in total. The molecule has 0 aliphatic carbocycles. The van der Waals surface area contributed by atoms with Crippen LogP contribution in [0.4, 0.5) is 5.69 Å². The number of carbonyl (C=O) groups excluding carboxylic acids is 2. The summed E-state index contributed by atoms with van der Waals surface area (Å²) in [5.74, 6) is 0.745. The number of amides is 2. The first-order valence-electron chi connectivity index (χ1n) is 10.4. The minimum Gasteiger partial charge on any atom is -0.342 e. The summed E-state index contributed by atoms with van der Waals surface area (Å²) in [6.45, 7) is 4.16. The Bertz CT molecular complexity index is 1120. The Balaban J connectivity index is 1.68. The van der Waals surface area contributed by atoms with Gasteiger partial charge in [0, 0.05) is 16.3 Å². The summed E-state index contributed by atoms with van der Waals surface area (Å²) >= 11 is 9.70. The van der Waals surface area contributed by atoms with Crippen LogP contribution in [0.25, 0.3) is 0 Å². The molecule has 1 atom stereocenters. The average molecular weight is 598 g/mol. The molecule has 0 unspecified atom stereocenters. The van der Waals surface area contributed by atoms with Crippen LogP contribution in [-0.2, 0) is 11.8 Å². The molecule has 0 spiro atoms. The highest BCUT2D eigenvalue weighted by Crippen LogP contribution is 2.25. The van der Waals surface area contributed by atoms with Gasteiger partial charge in [0.25, 0.3) is 5.91 Å². The first kappa shape index (κ1) is 25.5. The largest absolute Gasteiger partial charge is 0.342 e. The van der Waals surface area contributed by atoms with Crippen LogP contribution in [-0.4, -0.2) is 32.3 Å². The molecule has 0 fully saturated rings. The molecule has 0 aliphatic heterocycles. The van der Waals surface area contributed by atoms with Crippen molar-refractivity contribution in [1.29, 1.82) is 0 Å². The Morgan fingerprint density at radius 1 is 1.12 bits per heavy atom. The van der Waals surface area contributed by atoms with Crippen molar-refractivity contribution in [3.63, 3.8) is 0 Å². The molecule has 1 aromatic heterocycles. The topological polar surface area (TPSA) is 88.9 Å². The third-order valence-electron chi connectivity index (χ3n) is 4.77. The van der Waals surface area contributed by atoms with Crippen LogP contribution < -0.4 is 10.6 Å². The van der Waals surface area contributed by atoms with E-state index in [1.54, 1.807) is 24.3 Å². The van der Waals surface area contributed by atoms with E-state index in [0.717, 1.165) is 9.26 Å². The summed E-state index contributed by atoms with van der Waals surface area (Å²) in [5, 5.41) is 15.5. The number of anilines is 1. The second kappa shape index (κ2) is 11.8. The zero-order valence-electron chi connectivity index (χ0n) is 18.5. The fourth-order valence-corrected chi connectivity index (χ4v) is 4.50. The molecule has 2 amide bonds. The van der Waals surface area contributed by atoms with E-state index in [9.17, 15) is 9.59 Å². The molecule has 33 heavy (non-hydrogen) atoms. The molecule has 0 radical (unpaired) electrons. The number of benzene rings is 2. The standard InChI is InChI=1S/C23H25ClIN5O2S/c1-14(2)12-19(27-22(32)17-6-4-5-7-18(17)24)21-28-29-23(30(21)3)33-13-20(31)26-16-10-8-15(25)9-11-16/h4-11,14,19H,12-13H2,1-3H3,(H,26,31)(H,27,32)/t19-/m1/s1. The van der Waals surface area contributed by atoms with Gasteiger partial charge in [-0.05, 0) is 71.3 Å². The van der Waals surface area contributed by atoms with Crippen LogP contribution in [0, 0.1) is 9.49 Å². The highest BCUT2D eigenvalue weighted by atomic mass is 127. The first-order valence-corrected chi connectivity index (χ1v) is 12.8. The van der Waals surface area contributed by atoms with E-state index in [2.05, 4.69) is 57.3 Å². The number of halogens is 2. The summed E-state index contributed by atoms with van der Waals surface area (Å²) in [6, 6.07) is 14.2. The maximum Gasteiger partial charge on any atom is 0.253 e. The Labute approximate surface area is 216 Å². The molecule has 0 bridgehead atoms. The minimum atomic E-state index is -0.346. The Hall–Kier alpha value is -2.11. The van der Waals surface area contributed by atoms with Gasteiger partial charge in [0.2, 0.25) is 5.91 Å². The minimum absolute atomic E-state index is 0.128. The lowest BCUT2D eigenvalue weighted by atomic mass is 10.0. The highest BCUT2D eigenvalue weighted by molar-refractivity contribution is 14.1. The van der Waals surface area contributed by atoms with Gasteiger partial charge in [-0.3, -0.25) is 9.59 Å². The quantitative estimate of drug-likeness (QED) is 0.257. The number of hydrogen-bond acceptors (Lipinski definition) is 5. The number of nitrogens with one attached hydrogen (secondary N) is 2. The predicted octanol–water partition coefficient (Wildman–Crippen LogP) is 5.32. The number of aromatic nitrogens is 3. The van der Waals surface area contributed by atoms with Gasteiger partial charge >= 0.3 is 0 Å². The van der Waals surface area contributed by atoms with Crippen molar-refractivity contribution >= 4 is 63.5 Å². The molecule has 0 saturated carbocycles. The third kappa shape index (κ3) is 7.18. The van der Waals surface area contributed by atoms with Gasteiger partial charge in [-0.25, -0.2) is 0 Å². The maximum atomic E-state index is 12.8. The van der Waals surface area contributed by atoms with Gasteiger partial charge in [0.15, 0.2) is 11.0 Å². The second-order valence-corrected chi connectivity index (χ2v) is 10.5. The van der Waals surface area contributed by atoms with Crippen molar-refractivity contribution < 1.29 is 9.59 Å². The third-order valence-corrected chi connectivity index (χ3v) is 6.84. The van der Waals surface area contributed by atoms with Crippen molar-refractivity contribution in [2.45, 2.75) is 31.5 Å². The lowest BCUT2D eigenvalue weighted by Crippen LogP contribution is -2.31. The average Bonchev–Trinajstić information content (AvgIpc) is 3.13. The van der Waals surface area contributed by atoms with Crippen LogP contribution in [0.3, 0.4) is 0 Å². The molecule has 1 heterocycles. The summed E-state index contributed by atoms with van der Waals surface area (Å²) in [4.78, 5) is 25.2. The number of hydrogen-bond donors (Lipinski definition) is 2. The fourth-order valence-electron chi connectivity index (χ4n) is 3.20. The van der Waals surface area contributed by atoms with Crippen molar-refractivity contribution in [3.8, 4) is 0 Å². The van der Waals surface area contributed by atoms with Crippen molar-refractivity contribution in [3.05, 3.63) is 68.5 Å². The van der Waals surface area contributed by atoms with Crippen molar-refractivity contribution in [2.24, 2.45) is 13.0 Å². The lowest BCUT2D eigenvalue weighted by Gasteiger charge is -2.20. The van der Waals surface area contributed by atoms with E-state index >= 15 is 0 Å². The van der Waals surface area contributed by atoms with E-state index in [0.29, 0.717) is 33.9 Å². The molecular formula is C23H25ClIN5O2S. The summed E-state index contributed by atoms with van der Waals surface area (Å²) < 4.78 is 2.92. The fraction of sp³-hybridized carbons (Fsp3) is 0.304. The molecule has 0 saturated heterocycles. The summed E-state index contributed by atoms with van der Waals surface area (Å²) in [6.07, 6.45) is 0.681. The van der Waals surface area contributed by atoms with E-state index < -0.39 is 0 Å². The van der Waals surface area contributed by atoms with E-state index in [1.165, 1.54) is 11.8 Å². The SMILES string of the molecule is CC(C)C[C@@H](NC(=O)c1ccccc1Cl)c1nnc(SCC(=O)Nc2ccc(I)cc2)n1C. The smallest absolute Gasteiger partial charge is 0.253 e. The molecule has 3 aromatic rings. The van der Waals surface area contributed by atoms with E-state index in [4.69, 9.17) is 11.6 Å². The summed E-state index contributed by atoms with van der Waals surface area (Å²) in [7, 11) is 1.84. The van der Waals surface area contributed by atoms with Gasteiger partial charge in [-0.2, -0.15) is 0 Å². The van der Waals surface area contributed by atoms with Gasteiger partial charge in [-0.1, -0.05) is 49.3 Å². The number of rotatable bonds is 9. The highest BCUT2D eigenvalue weighted by Gasteiger charge is 2.24.